The number of piperidine rings is 1. The number of sulfone groups is 1. The first-order chi connectivity index (χ1) is 23.0. The molecule has 2 aliphatic rings. The Morgan fingerprint density at radius 3 is 2.23 bits per heavy atom. The van der Waals surface area contributed by atoms with Crippen LogP contribution in [0.3, 0.4) is 0 Å². The van der Waals surface area contributed by atoms with Gasteiger partial charge in [-0.2, -0.15) is 0 Å². The number of amides is 2. The van der Waals surface area contributed by atoms with E-state index in [1.165, 1.54) is 19.4 Å². The van der Waals surface area contributed by atoms with Crippen LogP contribution in [0.1, 0.15) is 44.8 Å². The van der Waals surface area contributed by atoms with Crippen LogP contribution in [-0.4, -0.2) is 98.2 Å². The number of halogens is 1. The molecular formula is C36H42FN5O5S. The van der Waals surface area contributed by atoms with Crippen molar-refractivity contribution in [3.05, 3.63) is 94.9 Å². The van der Waals surface area contributed by atoms with Crippen molar-refractivity contribution in [2.75, 3.05) is 52.6 Å². The maximum absolute atomic E-state index is 14.1. The number of piperazine rings is 1. The van der Waals surface area contributed by atoms with Gasteiger partial charge in [0.25, 0.3) is 11.8 Å². The molecular weight excluding hydrogens is 633 g/mol. The maximum Gasteiger partial charge on any atom is 0.268 e. The number of nitrogens with zero attached hydrogens (tertiary/aromatic N) is 4. The Morgan fingerprint density at radius 1 is 0.875 bits per heavy atom. The molecule has 0 spiro atoms. The fraction of sp³-hybridized carbons (Fsp3) is 0.389. The Kier molecular flexibility index (Phi) is 9.86. The number of hydrogen-bond acceptors (Lipinski definition) is 7. The second kappa shape index (κ2) is 14.1. The molecule has 48 heavy (non-hydrogen) atoms. The van der Waals surface area contributed by atoms with E-state index in [0.29, 0.717) is 55.4 Å². The van der Waals surface area contributed by atoms with Crippen molar-refractivity contribution in [2.45, 2.75) is 36.9 Å². The number of ether oxygens (including phenoxy) is 1. The van der Waals surface area contributed by atoms with Gasteiger partial charge in [0.1, 0.15) is 5.69 Å². The van der Waals surface area contributed by atoms with E-state index in [1.807, 2.05) is 52.9 Å². The van der Waals surface area contributed by atoms with Crippen LogP contribution in [0.15, 0.2) is 71.6 Å². The van der Waals surface area contributed by atoms with E-state index in [4.69, 9.17) is 4.74 Å². The monoisotopic (exact) mass is 675 g/mol. The molecule has 0 atom stereocenters. The fourth-order valence-electron chi connectivity index (χ4n) is 6.69. The summed E-state index contributed by atoms with van der Waals surface area (Å²) >= 11 is 0. The number of aromatic nitrogens is 1. The van der Waals surface area contributed by atoms with E-state index < -0.39 is 9.84 Å². The van der Waals surface area contributed by atoms with E-state index in [-0.39, 0.29) is 29.4 Å². The second-order valence-electron chi connectivity index (χ2n) is 12.8. The predicted molar refractivity (Wildman–Crippen MR) is 182 cm³/mol. The molecule has 1 N–H and O–H groups in total. The van der Waals surface area contributed by atoms with Crippen molar-refractivity contribution in [1.82, 2.24) is 24.6 Å². The molecule has 0 saturated carbocycles. The van der Waals surface area contributed by atoms with Crippen molar-refractivity contribution in [1.29, 1.82) is 0 Å². The summed E-state index contributed by atoms with van der Waals surface area (Å²) in [6.45, 7) is 5.37. The number of carbonyl (C=O) groups is 2. The van der Waals surface area contributed by atoms with Gasteiger partial charge < -0.3 is 19.5 Å². The third kappa shape index (κ3) is 7.56. The molecule has 4 aromatic rings. The lowest BCUT2D eigenvalue weighted by molar-refractivity contribution is 0.0628. The zero-order chi connectivity index (χ0) is 34.0. The smallest absolute Gasteiger partial charge is 0.268 e. The van der Waals surface area contributed by atoms with Crippen LogP contribution in [-0.2, 0) is 30.0 Å². The van der Waals surface area contributed by atoms with Gasteiger partial charge in [0.05, 0.1) is 12.0 Å². The summed E-state index contributed by atoms with van der Waals surface area (Å²) in [5.41, 5.74) is 3.82. The van der Waals surface area contributed by atoms with Crippen molar-refractivity contribution in [3.63, 3.8) is 0 Å². The Labute approximate surface area is 281 Å². The number of nitrogens with one attached hydrogen (secondary N) is 1. The Balaban J connectivity index is 1.02. The highest BCUT2D eigenvalue weighted by Gasteiger charge is 2.25. The normalized spacial score (nSPS) is 16.7. The molecule has 254 valence electrons. The summed E-state index contributed by atoms with van der Waals surface area (Å²) in [4.78, 5) is 33.5. The Morgan fingerprint density at radius 2 is 1.56 bits per heavy atom. The van der Waals surface area contributed by atoms with E-state index in [0.717, 1.165) is 48.0 Å². The summed E-state index contributed by atoms with van der Waals surface area (Å²) < 4.78 is 44.9. The van der Waals surface area contributed by atoms with Gasteiger partial charge in [-0.1, -0.05) is 18.2 Å². The minimum absolute atomic E-state index is 0.0406. The van der Waals surface area contributed by atoms with Crippen LogP contribution < -0.4 is 10.1 Å². The lowest BCUT2D eigenvalue weighted by Gasteiger charge is -2.34. The minimum Gasteiger partial charge on any atom is -0.494 e. The first kappa shape index (κ1) is 33.6. The first-order valence-electron chi connectivity index (χ1n) is 16.2. The molecule has 2 fully saturated rings. The standard InChI is InChI=1S/C36H42FN5O5S/c1-39-32-9-8-27(36(44)42-17-15-41(16-18-42)23-25-5-4-6-30(19-25)48(3,45)46)21-28(32)22-33(39)35(43)38-29-11-13-40(14-12-29)24-26-7-10-34(47-2)31(37)20-26/h4-10,19-22,29H,11-18,23-24H2,1-3H3,(H,38,43). The van der Waals surface area contributed by atoms with Gasteiger partial charge in [0, 0.05) is 88.2 Å². The highest BCUT2D eigenvalue weighted by molar-refractivity contribution is 7.90. The van der Waals surface area contributed by atoms with Crippen molar-refractivity contribution in [3.8, 4) is 5.75 Å². The predicted octanol–water partition coefficient (Wildman–Crippen LogP) is 4.08. The van der Waals surface area contributed by atoms with Gasteiger partial charge in [-0.05, 0) is 72.5 Å². The topological polar surface area (TPSA) is 104 Å². The van der Waals surface area contributed by atoms with Crippen LogP contribution in [0, 0.1) is 5.82 Å². The van der Waals surface area contributed by atoms with Gasteiger partial charge >= 0.3 is 0 Å². The summed E-state index contributed by atoms with van der Waals surface area (Å²) in [6.07, 6.45) is 2.81. The molecule has 0 aliphatic carbocycles. The molecule has 2 saturated heterocycles. The Hall–Kier alpha value is -4.26. The number of rotatable bonds is 9. The summed E-state index contributed by atoms with van der Waals surface area (Å²) in [6, 6.07) is 19.5. The van der Waals surface area contributed by atoms with Gasteiger partial charge in [0.2, 0.25) is 0 Å². The molecule has 12 heteroatoms. The minimum atomic E-state index is -3.27. The number of likely N-dealkylation sites (tertiary alicyclic amines) is 1. The second-order valence-corrected chi connectivity index (χ2v) is 14.9. The molecule has 3 aromatic carbocycles. The molecule has 2 aliphatic heterocycles. The molecule has 1 aromatic heterocycles. The molecule has 0 bridgehead atoms. The Bertz CT molecular complexity index is 1930. The number of carbonyl (C=O) groups excluding carboxylic acids is 2. The average molecular weight is 676 g/mol. The van der Waals surface area contributed by atoms with Crippen LogP contribution >= 0.6 is 0 Å². The third-order valence-electron chi connectivity index (χ3n) is 9.46. The average Bonchev–Trinajstić information content (AvgIpc) is 3.41. The van der Waals surface area contributed by atoms with Crippen LogP contribution in [0.4, 0.5) is 4.39 Å². The lowest BCUT2D eigenvalue weighted by Crippen LogP contribution is -2.48. The van der Waals surface area contributed by atoms with E-state index in [9.17, 15) is 22.4 Å². The van der Waals surface area contributed by atoms with E-state index in [1.54, 1.807) is 24.3 Å². The first-order valence-corrected chi connectivity index (χ1v) is 18.1. The fourth-order valence-corrected chi connectivity index (χ4v) is 7.38. The number of hydrogen-bond donors (Lipinski definition) is 1. The zero-order valence-electron chi connectivity index (χ0n) is 27.6. The SMILES string of the molecule is COc1ccc(CN2CCC(NC(=O)c3cc4cc(C(=O)N5CCN(Cc6cccc(S(C)(=O)=O)c6)CC5)ccc4n3C)CC2)cc1F. The number of methoxy groups -OCH3 is 1. The zero-order valence-corrected chi connectivity index (χ0v) is 28.4. The van der Waals surface area contributed by atoms with Crippen molar-refractivity contribution >= 4 is 32.6 Å². The summed E-state index contributed by atoms with van der Waals surface area (Å²) in [5, 5.41) is 4.03. The van der Waals surface area contributed by atoms with E-state index in [2.05, 4.69) is 15.1 Å². The van der Waals surface area contributed by atoms with Crippen LogP contribution in [0.25, 0.3) is 10.9 Å². The van der Waals surface area contributed by atoms with Crippen molar-refractivity contribution in [2.24, 2.45) is 7.05 Å². The van der Waals surface area contributed by atoms with Crippen LogP contribution in [0.2, 0.25) is 0 Å². The number of fused-ring (bicyclic) bond motifs is 1. The number of aryl methyl sites for hydroxylation is 1. The molecule has 10 nitrogen and oxygen atoms in total. The van der Waals surface area contributed by atoms with Gasteiger partial charge in [0.15, 0.2) is 21.4 Å². The van der Waals surface area contributed by atoms with Gasteiger partial charge in [-0.3, -0.25) is 19.4 Å². The highest BCUT2D eigenvalue weighted by atomic mass is 32.2. The molecule has 6 rings (SSSR count). The quantitative estimate of drug-likeness (QED) is 0.285. The third-order valence-corrected chi connectivity index (χ3v) is 10.6. The lowest BCUT2D eigenvalue weighted by atomic mass is 10.0. The van der Waals surface area contributed by atoms with Gasteiger partial charge in [-0.15, -0.1) is 0 Å². The van der Waals surface area contributed by atoms with Crippen LogP contribution in [0.5, 0.6) is 5.75 Å². The molecule has 3 heterocycles. The summed E-state index contributed by atoms with van der Waals surface area (Å²) in [7, 11) is 0.0463. The number of benzene rings is 3. The molecule has 2 amide bonds. The largest absolute Gasteiger partial charge is 0.494 e. The molecule has 0 radical (unpaired) electrons. The summed E-state index contributed by atoms with van der Waals surface area (Å²) in [5.74, 6) is -0.319. The van der Waals surface area contributed by atoms with Gasteiger partial charge in [-0.25, -0.2) is 12.8 Å². The maximum atomic E-state index is 14.1. The highest BCUT2D eigenvalue weighted by Crippen LogP contribution is 2.24. The molecule has 0 unspecified atom stereocenters. The van der Waals surface area contributed by atoms with E-state index >= 15 is 0 Å². The van der Waals surface area contributed by atoms with Crippen molar-refractivity contribution < 1.29 is 27.1 Å².